The van der Waals surface area contributed by atoms with Crippen LogP contribution in [0.5, 0.6) is 0 Å². The number of aromatic amines is 1. The molecule has 0 amide bonds. The third-order valence-corrected chi connectivity index (χ3v) is 3.22. The normalized spacial score (nSPS) is 10.6. The molecule has 4 aromatic rings. The number of rotatable bonds is 3. The van der Waals surface area contributed by atoms with E-state index in [1.54, 1.807) is 16.9 Å². The first kappa shape index (κ1) is 12.9. The maximum absolute atomic E-state index is 9.31. The first-order valence-electron chi connectivity index (χ1n) is 6.67. The Morgan fingerprint density at radius 3 is 2.96 bits per heavy atom. The molecule has 9 nitrogen and oxygen atoms in total. The molecule has 0 atom stereocenters. The molecule has 0 saturated heterocycles. The molecule has 0 aliphatic heterocycles. The van der Waals surface area contributed by atoms with Gasteiger partial charge in [-0.25, -0.2) is 19.9 Å². The van der Waals surface area contributed by atoms with Crippen molar-refractivity contribution < 1.29 is 0 Å². The van der Waals surface area contributed by atoms with Crippen LogP contribution in [0.4, 0.5) is 11.6 Å². The van der Waals surface area contributed by atoms with Gasteiger partial charge in [0, 0.05) is 6.20 Å². The Morgan fingerprint density at radius 1 is 1.17 bits per heavy atom. The summed E-state index contributed by atoms with van der Waals surface area (Å²) in [7, 11) is 0. The average Bonchev–Trinajstić information content (AvgIpc) is 3.23. The van der Waals surface area contributed by atoms with Gasteiger partial charge in [-0.15, -0.1) is 0 Å². The maximum Gasteiger partial charge on any atom is 0.182 e. The molecule has 0 aliphatic carbocycles. The van der Waals surface area contributed by atoms with E-state index in [1.807, 2.05) is 12.1 Å². The highest BCUT2D eigenvalue weighted by Gasteiger charge is 2.15. The van der Waals surface area contributed by atoms with Gasteiger partial charge in [-0.2, -0.15) is 15.0 Å². The second-order valence-corrected chi connectivity index (χ2v) is 4.57. The highest BCUT2D eigenvalue weighted by Crippen LogP contribution is 2.24. The molecular weight excluding hydrogens is 294 g/mol. The number of pyridine rings is 1. The quantitative estimate of drug-likeness (QED) is 0.589. The van der Waals surface area contributed by atoms with Gasteiger partial charge in [0.15, 0.2) is 23.1 Å². The Bertz CT molecular complexity index is 1010. The van der Waals surface area contributed by atoms with Gasteiger partial charge in [-0.3, -0.25) is 0 Å². The molecule has 0 fully saturated rings. The van der Waals surface area contributed by atoms with Gasteiger partial charge in [0.1, 0.15) is 23.5 Å². The minimum Gasteiger partial charge on any atom is -0.340 e. The molecule has 4 rings (SSSR count). The zero-order chi connectivity index (χ0) is 15.6. The van der Waals surface area contributed by atoms with Gasteiger partial charge in [0.25, 0.3) is 0 Å². The van der Waals surface area contributed by atoms with Crippen LogP contribution in [0.25, 0.3) is 17.0 Å². The van der Waals surface area contributed by atoms with E-state index in [0.717, 1.165) is 0 Å². The SMILES string of the molecule is N#Cc1cnn(-c2ccccn2)c1Nc1ncnc2nc[nH]c12. The van der Waals surface area contributed by atoms with E-state index >= 15 is 0 Å². The van der Waals surface area contributed by atoms with Crippen LogP contribution in [0.15, 0.2) is 43.2 Å². The van der Waals surface area contributed by atoms with Gasteiger partial charge in [-0.1, -0.05) is 6.07 Å². The fraction of sp³-hybridized carbons (Fsp3) is 0. The predicted molar refractivity (Wildman–Crippen MR) is 81.0 cm³/mol. The van der Waals surface area contributed by atoms with E-state index in [9.17, 15) is 5.26 Å². The molecule has 9 heteroatoms. The summed E-state index contributed by atoms with van der Waals surface area (Å²) in [4.78, 5) is 19.6. The number of H-pyrrole nitrogens is 1. The van der Waals surface area contributed by atoms with Gasteiger partial charge in [-0.05, 0) is 12.1 Å². The molecule has 4 aromatic heterocycles. The summed E-state index contributed by atoms with van der Waals surface area (Å²) >= 11 is 0. The van der Waals surface area contributed by atoms with Crippen molar-refractivity contribution in [2.24, 2.45) is 0 Å². The van der Waals surface area contributed by atoms with Crippen molar-refractivity contribution in [1.82, 2.24) is 34.7 Å². The number of aromatic nitrogens is 7. The molecule has 0 aromatic carbocycles. The molecule has 0 radical (unpaired) electrons. The number of hydrogen-bond acceptors (Lipinski definition) is 7. The fourth-order valence-corrected chi connectivity index (χ4v) is 2.18. The smallest absolute Gasteiger partial charge is 0.182 e. The Balaban J connectivity index is 1.84. The van der Waals surface area contributed by atoms with Gasteiger partial charge in [0.2, 0.25) is 0 Å². The number of imidazole rings is 1. The molecule has 110 valence electrons. The molecule has 2 N–H and O–H groups in total. The lowest BCUT2D eigenvalue weighted by molar-refractivity contribution is 0.853. The standard InChI is InChI=1S/C14H9N9/c15-5-9-6-21-23(10-3-1-2-4-16-10)14(9)22-13-11-12(18-7-17-11)19-8-20-13/h1-4,6-8H,(H2,17,18,19,20,22). The van der Waals surface area contributed by atoms with E-state index in [1.165, 1.54) is 18.9 Å². The minimum absolute atomic E-state index is 0.377. The lowest BCUT2D eigenvalue weighted by Crippen LogP contribution is -2.06. The molecule has 23 heavy (non-hydrogen) atoms. The summed E-state index contributed by atoms with van der Waals surface area (Å²) in [6.07, 6.45) is 6.07. The van der Waals surface area contributed by atoms with Crippen LogP contribution in [0.3, 0.4) is 0 Å². The van der Waals surface area contributed by atoms with Crippen molar-refractivity contribution in [3.63, 3.8) is 0 Å². The van der Waals surface area contributed by atoms with E-state index in [2.05, 4.69) is 41.4 Å². The van der Waals surface area contributed by atoms with E-state index in [0.29, 0.717) is 34.2 Å². The molecule has 0 bridgehead atoms. The lowest BCUT2D eigenvalue weighted by Gasteiger charge is -2.09. The van der Waals surface area contributed by atoms with Crippen LogP contribution in [-0.4, -0.2) is 34.7 Å². The summed E-state index contributed by atoms with van der Waals surface area (Å²) in [5.41, 5.74) is 1.55. The highest BCUT2D eigenvalue weighted by molar-refractivity contribution is 5.84. The number of anilines is 2. The third kappa shape index (κ3) is 2.14. The molecular formula is C14H9N9. The van der Waals surface area contributed by atoms with Gasteiger partial charge in [0.05, 0.1) is 12.5 Å². The van der Waals surface area contributed by atoms with E-state index in [-0.39, 0.29) is 0 Å². The van der Waals surface area contributed by atoms with E-state index < -0.39 is 0 Å². The first-order chi connectivity index (χ1) is 11.4. The number of fused-ring (bicyclic) bond motifs is 1. The zero-order valence-electron chi connectivity index (χ0n) is 11.7. The van der Waals surface area contributed by atoms with Crippen LogP contribution in [0.1, 0.15) is 5.56 Å². The minimum atomic E-state index is 0.377. The monoisotopic (exact) mass is 303 g/mol. The van der Waals surface area contributed by atoms with Crippen molar-refractivity contribution in [3.05, 3.63) is 48.8 Å². The van der Waals surface area contributed by atoms with Crippen LogP contribution >= 0.6 is 0 Å². The van der Waals surface area contributed by atoms with E-state index in [4.69, 9.17) is 0 Å². The second kappa shape index (κ2) is 5.19. The van der Waals surface area contributed by atoms with Crippen LogP contribution in [0.2, 0.25) is 0 Å². The molecule has 0 unspecified atom stereocenters. The summed E-state index contributed by atoms with van der Waals surface area (Å²) in [5.74, 6) is 1.56. The summed E-state index contributed by atoms with van der Waals surface area (Å²) < 4.78 is 1.54. The van der Waals surface area contributed by atoms with Crippen molar-refractivity contribution in [1.29, 1.82) is 5.26 Å². The third-order valence-electron chi connectivity index (χ3n) is 3.22. The summed E-state index contributed by atoms with van der Waals surface area (Å²) in [5, 5.41) is 16.6. The zero-order valence-corrected chi connectivity index (χ0v) is 11.7. The number of nitrogens with one attached hydrogen (secondary N) is 2. The molecule has 4 heterocycles. The molecule has 0 aliphatic rings. The van der Waals surface area contributed by atoms with Crippen LogP contribution in [-0.2, 0) is 0 Å². The topological polar surface area (TPSA) is 121 Å². The Hall–Kier alpha value is -3.80. The van der Waals surface area contributed by atoms with Gasteiger partial charge < -0.3 is 10.3 Å². The van der Waals surface area contributed by atoms with Gasteiger partial charge >= 0.3 is 0 Å². The molecule has 0 saturated carbocycles. The highest BCUT2D eigenvalue weighted by atomic mass is 15.4. The first-order valence-corrected chi connectivity index (χ1v) is 6.67. The van der Waals surface area contributed by atoms with Crippen molar-refractivity contribution >= 4 is 22.8 Å². The number of nitriles is 1. The molecule has 0 spiro atoms. The number of hydrogen-bond donors (Lipinski definition) is 2. The number of nitrogens with zero attached hydrogens (tertiary/aromatic N) is 7. The fourth-order valence-electron chi connectivity index (χ4n) is 2.18. The van der Waals surface area contributed by atoms with Crippen molar-refractivity contribution in [2.45, 2.75) is 0 Å². The van der Waals surface area contributed by atoms with Crippen molar-refractivity contribution in [2.75, 3.05) is 5.32 Å². The van der Waals surface area contributed by atoms with Crippen molar-refractivity contribution in [3.8, 4) is 11.9 Å². The van der Waals surface area contributed by atoms with Crippen LogP contribution < -0.4 is 5.32 Å². The van der Waals surface area contributed by atoms with Crippen LogP contribution in [0, 0.1) is 11.3 Å². The average molecular weight is 303 g/mol. The lowest BCUT2D eigenvalue weighted by atomic mass is 10.3. The Kier molecular flexibility index (Phi) is 2.91. The maximum atomic E-state index is 9.31. The Labute approximate surface area is 129 Å². The summed E-state index contributed by atoms with van der Waals surface area (Å²) in [6.45, 7) is 0. The predicted octanol–water partition coefficient (Wildman–Crippen LogP) is 1.55. The second-order valence-electron chi connectivity index (χ2n) is 4.57. The summed E-state index contributed by atoms with van der Waals surface area (Å²) in [6, 6.07) is 7.56. The Morgan fingerprint density at radius 2 is 2.13 bits per heavy atom. The largest absolute Gasteiger partial charge is 0.340 e.